The Morgan fingerprint density at radius 3 is 3.11 bits per heavy atom. The molecule has 0 radical (unpaired) electrons. The first-order valence-corrected chi connectivity index (χ1v) is 7.17. The lowest BCUT2D eigenvalue weighted by atomic mass is 10.2. The summed E-state index contributed by atoms with van der Waals surface area (Å²) in [7, 11) is 0. The number of thioether (sulfide) groups is 1. The van der Waals surface area contributed by atoms with Crippen LogP contribution >= 0.6 is 23.1 Å². The first-order valence-electron chi connectivity index (χ1n) is 5.37. The van der Waals surface area contributed by atoms with Gasteiger partial charge < -0.3 is 10.1 Å². The zero-order valence-electron chi connectivity index (χ0n) is 9.26. The van der Waals surface area contributed by atoms with Crippen molar-refractivity contribution < 1.29 is 14.3 Å². The molecule has 1 aromatic heterocycles. The third-order valence-electron chi connectivity index (χ3n) is 2.64. The van der Waals surface area contributed by atoms with Crippen molar-refractivity contribution in [3.63, 3.8) is 0 Å². The molecule has 0 unspecified atom stereocenters. The Balaban J connectivity index is 2.19. The molecule has 0 saturated heterocycles. The fraction of sp³-hybridized carbons (Fsp3) is 0.167. The minimum atomic E-state index is -0.0194. The van der Waals surface area contributed by atoms with E-state index in [1.54, 1.807) is 17.8 Å². The van der Waals surface area contributed by atoms with E-state index in [1.165, 1.54) is 11.3 Å². The van der Waals surface area contributed by atoms with Crippen molar-refractivity contribution in [3.05, 3.63) is 23.1 Å². The lowest BCUT2D eigenvalue weighted by Crippen LogP contribution is -2.22. The molecule has 6 heteroatoms. The lowest BCUT2D eigenvalue weighted by Gasteiger charge is -2.00. The molecule has 2 aromatic rings. The van der Waals surface area contributed by atoms with Crippen LogP contribution < -0.4 is 10.1 Å². The molecule has 0 bridgehead atoms. The summed E-state index contributed by atoms with van der Waals surface area (Å²) in [6.07, 6.45) is 0. The SMILES string of the molecule is O=COc1ccc2sc3c(c2c1)SCCNC3=O. The highest BCUT2D eigenvalue weighted by atomic mass is 32.2. The molecule has 0 atom stereocenters. The number of thiophene rings is 1. The van der Waals surface area contributed by atoms with E-state index in [-0.39, 0.29) is 5.91 Å². The van der Waals surface area contributed by atoms with Gasteiger partial charge in [0.05, 0.1) is 0 Å². The van der Waals surface area contributed by atoms with Crippen LogP contribution in [0.3, 0.4) is 0 Å². The second-order valence-corrected chi connectivity index (χ2v) is 5.89. The van der Waals surface area contributed by atoms with E-state index in [0.29, 0.717) is 18.8 Å². The number of hydrogen-bond donors (Lipinski definition) is 1. The van der Waals surface area contributed by atoms with Gasteiger partial charge in [-0.05, 0) is 18.2 Å². The van der Waals surface area contributed by atoms with Gasteiger partial charge in [0.25, 0.3) is 12.4 Å². The fourth-order valence-corrected chi connectivity index (χ4v) is 4.19. The van der Waals surface area contributed by atoms with Gasteiger partial charge in [0.15, 0.2) is 0 Å². The fourth-order valence-electron chi connectivity index (χ4n) is 1.87. The molecular formula is C12H9NO3S2. The molecule has 4 nitrogen and oxygen atoms in total. The first kappa shape index (κ1) is 11.6. The molecule has 0 aliphatic carbocycles. The quantitative estimate of drug-likeness (QED) is 0.857. The summed E-state index contributed by atoms with van der Waals surface area (Å²) in [4.78, 5) is 24.0. The van der Waals surface area contributed by atoms with Crippen molar-refractivity contribution in [2.75, 3.05) is 12.3 Å². The van der Waals surface area contributed by atoms with Crippen LogP contribution in [-0.2, 0) is 4.79 Å². The lowest BCUT2D eigenvalue weighted by molar-refractivity contribution is -0.120. The maximum Gasteiger partial charge on any atom is 0.298 e. The van der Waals surface area contributed by atoms with Crippen molar-refractivity contribution in [1.82, 2.24) is 5.32 Å². The Morgan fingerprint density at radius 1 is 1.39 bits per heavy atom. The second-order valence-electron chi connectivity index (χ2n) is 3.74. The molecule has 1 aliphatic rings. The van der Waals surface area contributed by atoms with Gasteiger partial charge in [0.2, 0.25) is 0 Å². The molecule has 1 amide bonds. The van der Waals surface area contributed by atoms with E-state index in [4.69, 9.17) is 4.74 Å². The molecule has 0 fully saturated rings. The molecule has 1 N–H and O–H groups in total. The van der Waals surface area contributed by atoms with Crippen molar-refractivity contribution in [2.45, 2.75) is 4.90 Å². The number of hydrogen-bond acceptors (Lipinski definition) is 5. The van der Waals surface area contributed by atoms with Gasteiger partial charge in [0, 0.05) is 27.3 Å². The third kappa shape index (κ3) is 1.87. The molecule has 2 heterocycles. The van der Waals surface area contributed by atoms with Crippen molar-refractivity contribution in [3.8, 4) is 5.75 Å². The van der Waals surface area contributed by atoms with E-state index in [9.17, 15) is 9.59 Å². The van der Waals surface area contributed by atoms with Gasteiger partial charge in [0.1, 0.15) is 10.6 Å². The van der Waals surface area contributed by atoms with E-state index in [2.05, 4.69) is 5.32 Å². The first-order chi connectivity index (χ1) is 8.79. The third-order valence-corrected chi connectivity index (χ3v) is 5.06. The summed E-state index contributed by atoms with van der Waals surface area (Å²) in [5.41, 5.74) is 0. The minimum absolute atomic E-state index is 0.0194. The number of rotatable bonds is 2. The average Bonchev–Trinajstić information content (AvgIpc) is 2.63. The van der Waals surface area contributed by atoms with E-state index in [0.717, 1.165) is 25.6 Å². The van der Waals surface area contributed by atoms with Crippen LogP contribution in [0.5, 0.6) is 5.75 Å². The highest BCUT2D eigenvalue weighted by molar-refractivity contribution is 7.99. The van der Waals surface area contributed by atoms with Crippen LogP contribution in [-0.4, -0.2) is 24.7 Å². The van der Waals surface area contributed by atoms with Gasteiger partial charge in [-0.2, -0.15) is 0 Å². The Bertz CT molecular complexity index is 636. The van der Waals surface area contributed by atoms with Gasteiger partial charge in [-0.1, -0.05) is 0 Å². The summed E-state index contributed by atoms with van der Waals surface area (Å²) in [5.74, 6) is 1.33. The predicted octanol–water partition coefficient (Wildman–Crippen LogP) is 2.27. The van der Waals surface area contributed by atoms with Crippen LogP contribution in [0.1, 0.15) is 9.67 Å². The monoisotopic (exact) mass is 279 g/mol. The Kier molecular flexibility index (Phi) is 2.97. The number of ether oxygens (including phenoxy) is 1. The number of nitrogens with one attached hydrogen (secondary N) is 1. The van der Waals surface area contributed by atoms with E-state index < -0.39 is 0 Å². The van der Waals surface area contributed by atoms with Gasteiger partial charge >= 0.3 is 0 Å². The van der Waals surface area contributed by atoms with Crippen LogP contribution in [0.25, 0.3) is 10.1 Å². The molecule has 18 heavy (non-hydrogen) atoms. The highest BCUT2D eigenvalue weighted by Gasteiger charge is 2.21. The summed E-state index contributed by atoms with van der Waals surface area (Å²) < 4.78 is 5.88. The molecule has 0 spiro atoms. The normalized spacial score (nSPS) is 14.8. The number of carbonyl (C=O) groups excluding carboxylic acids is 2. The van der Waals surface area contributed by atoms with Crippen LogP contribution in [0.2, 0.25) is 0 Å². The highest BCUT2D eigenvalue weighted by Crippen LogP contribution is 2.40. The predicted molar refractivity (Wildman–Crippen MR) is 71.6 cm³/mol. The number of amides is 1. The topological polar surface area (TPSA) is 55.4 Å². The summed E-state index contributed by atoms with van der Waals surface area (Å²) in [5, 5.41) is 3.85. The average molecular weight is 279 g/mol. The second kappa shape index (κ2) is 4.62. The molecule has 0 saturated carbocycles. The van der Waals surface area contributed by atoms with Crippen molar-refractivity contribution >= 4 is 45.6 Å². The minimum Gasteiger partial charge on any atom is -0.429 e. The van der Waals surface area contributed by atoms with Gasteiger partial charge in [-0.3, -0.25) is 9.59 Å². The van der Waals surface area contributed by atoms with Gasteiger partial charge in [-0.25, -0.2) is 0 Å². The largest absolute Gasteiger partial charge is 0.429 e. The number of benzene rings is 1. The summed E-state index contributed by atoms with van der Waals surface area (Å²) in [6, 6.07) is 5.42. The van der Waals surface area contributed by atoms with Crippen LogP contribution in [0.4, 0.5) is 0 Å². The molecular weight excluding hydrogens is 270 g/mol. The van der Waals surface area contributed by atoms with Gasteiger partial charge in [-0.15, -0.1) is 23.1 Å². The summed E-state index contributed by atoms with van der Waals surface area (Å²) >= 11 is 3.13. The Hall–Kier alpha value is -1.53. The maximum atomic E-state index is 11.9. The number of fused-ring (bicyclic) bond motifs is 3. The van der Waals surface area contributed by atoms with Crippen molar-refractivity contribution in [2.24, 2.45) is 0 Å². The van der Waals surface area contributed by atoms with E-state index >= 15 is 0 Å². The standard InChI is InChI=1S/C12H9NO3S2/c14-6-16-7-1-2-9-8(5-7)10-11(18-9)12(15)13-3-4-17-10/h1-2,5-6H,3-4H2,(H,13,15). The van der Waals surface area contributed by atoms with Crippen LogP contribution in [0, 0.1) is 0 Å². The Labute approximate surface area is 111 Å². The maximum absolute atomic E-state index is 11.9. The zero-order valence-corrected chi connectivity index (χ0v) is 10.9. The van der Waals surface area contributed by atoms with E-state index in [1.807, 2.05) is 12.1 Å². The Morgan fingerprint density at radius 2 is 2.28 bits per heavy atom. The van der Waals surface area contributed by atoms with Crippen molar-refractivity contribution in [1.29, 1.82) is 0 Å². The summed E-state index contributed by atoms with van der Waals surface area (Å²) in [6.45, 7) is 1.09. The molecule has 3 rings (SSSR count). The smallest absolute Gasteiger partial charge is 0.298 e. The van der Waals surface area contributed by atoms with Crippen LogP contribution in [0.15, 0.2) is 23.1 Å². The molecule has 92 valence electrons. The number of carbonyl (C=O) groups is 2. The zero-order chi connectivity index (χ0) is 12.5. The molecule has 1 aromatic carbocycles. The molecule has 1 aliphatic heterocycles.